The summed E-state index contributed by atoms with van der Waals surface area (Å²) in [7, 11) is 0. The minimum atomic E-state index is -1.25. The number of aromatic carboxylic acids is 1. The number of nitrogens with zero attached hydrogens (tertiary/aromatic N) is 1. The maximum atomic E-state index is 13.4. The molecule has 82 valence electrons. The van der Waals surface area contributed by atoms with Gasteiger partial charge in [-0.25, -0.2) is 9.18 Å². The van der Waals surface area contributed by atoms with Crippen LogP contribution >= 0.6 is 11.6 Å². The Balaban J connectivity index is 2.66. The van der Waals surface area contributed by atoms with Gasteiger partial charge in [0.1, 0.15) is 22.2 Å². The Morgan fingerprint density at radius 3 is 2.75 bits per heavy atom. The topological polar surface area (TPSA) is 66.0 Å². The molecule has 4 nitrogen and oxygen atoms in total. The molecule has 0 aliphatic rings. The van der Waals surface area contributed by atoms with Crippen LogP contribution in [0.4, 0.5) is 4.39 Å². The normalized spacial score (nSPS) is 10.4. The molecule has 2 rings (SSSR count). The Kier molecular flexibility index (Phi) is 2.62. The van der Waals surface area contributed by atoms with Crippen molar-refractivity contribution in [1.82, 2.24) is 10.2 Å². The second-order valence-electron chi connectivity index (χ2n) is 3.05. The van der Waals surface area contributed by atoms with Crippen molar-refractivity contribution in [2.45, 2.75) is 0 Å². The molecule has 0 aliphatic carbocycles. The van der Waals surface area contributed by atoms with E-state index in [2.05, 4.69) is 10.2 Å². The van der Waals surface area contributed by atoms with Crippen LogP contribution < -0.4 is 0 Å². The number of carboxylic acids is 1. The number of H-pyrrole nitrogens is 1. The SMILES string of the molecule is O=C(O)c1c(-c2ccccc2F)n[nH]c1Cl. The van der Waals surface area contributed by atoms with Crippen LogP contribution in [0.5, 0.6) is 0 Å². The van der Waals surface area contributed by atoms with E-state index in [0.717, 1.165) is 0 Å². The van der Waals surface area contributed by atoms with Crippen LogP contribution in [0.15, 0.2) is 24.3 Å². The average Bonchev–Trinajstić information content (AvgIpc) is 2.61. The van der Waals surface area contributed by atoms with Gasteiger partial charge in [-0.3, -0.25) is 5.10 Å². The predicted molar refractivity (Wildman–Crippen MR) is 56.0 cm³/mol. The Morgan fingerprint density at radius 2 is 2.12 bits per heavy atom. The number of benzene rings is 1. The van der Waals surface area contributed by atoms with Gasteiger partial charge < -0.3 is 5.11 Å². The first-order valence-corrected chi connectivity index (χ1v) is 4.71. The Labute approximate surface area is 94.7 Å². The lowest BCUT2D eigenvalue weighted by Gasteiger charge is -2.00. The van der Waals surface area contributed by atoms with Gasteiger partial charge in [-0.05, 0) is 12.1 Å². The average molecular weight is 241 g/mol. The molecule has 1 heterocycles. The van der Waals surface area contributed by atoms with Gasteiger partial charge in [0.05, 0.1) is 0 Å². The maximum absolute atomic E-state index is 13.4. The number of halogens is 2. The van der Waals surface area contributed by atoms with Crippen LogP contribution in [-0.2, 0) is 0 Å². The first kappa shape index (κ1) is 10.6. The highest BCUT2D eigenvalue weighted by atomic mass is 35.5. The number of carbonyl (C=O) groups is 1. The van der Waals surface area contributed by atoms with E-state index in [0.29, 0.717) is 0 Å². The fourth-order valence-electron chi connectivity index (χ4n) is 1.36. The van der Waals surface area contributed by atoms with Crippen molar-refractivity contribution in [1.29, 1.82) is 0 Å². The standard InChI is InChI=1S/C10H6ClFN2O2/c11-9-7(10(15)16)8(13-14-9)5-3-1-2-4-6(5)12/h1-4H,(H,13,14)(H,15,16). The molecular weight excluding hydrogens is 235 g/mol. The van der Waals surface area contributed by atoms with E-state index in [1.165, 1.54) is 18.2 Å². The highest BCUT2D eigenvalue weighted by Crippen LogP contribution is 2.28. The summed E-state index contributed by atoms with van der Waals surface area (Å²) in [6, 6.07) is 5.76. The zero-order chi connectivity index (χ0) is 11.7. The van der Waals surface area contributed by atoms with Crippen LogP contribution in [0.3, 0.4) is 0 Å². The monoisotopic (exact) mass is 240 g/mol. The molecule has 2 aromatic rings. The smallest absolute Gasteiger partial charge is 0.341 e. The molecule has 2 N–H and O–H groups in total. The number of rotatable bonds is 2. The third kappa shape index (κ3) is 1.65. The summed E-state index contributed by atoms with van der Waals surface area (Å²) < 4.78 is 13.4. The fourth-order valence-corrected chi connectivity index (χ4v) is 1.58. The van der Waals surface area contributed by atoms with E-state index in [-0.39, 0.29) is 22.0 Å². The summed E-state index contributed by atoms with van der Waals surface area (Å²) in [6.07, 6.45) is 0. The lowest BCUT2D eigenvalue weighted by atomic mass is 10.1. The Bertz CT molecular complexity index is 554. The van der Waals surface area contributed by atoms with E-state index >= 15 is 0 Å². The molecular formula is C10H6ClFN2O2. The van der Waals surface area contributed by atoms with Gasteiger partial charge in [0.15, 0.2) is 0 Å². The largest absolute Gasteiger partial charge is 0.478 e. The summed E-state index contributed by atoms with van der Waals surface area (Å²) in [6.45, 7) is 0. The highest BCUT2D eigenvalue weighted by Gasteiger charge is 2.21. The van der Waals surface area contributed by atoms with E-state index in [1.54, 1.807) is 6.07 Å². The minimum absolute atomic E-state index is 0.00407. The Morgan fingerprint density at radius 1 is 1.44 bits per heavy atom. The number of hydrogen-bond acceptors (Lipinski definition) is 2. The molecule has 1 aromatic heterocycles. The van der Waals surface area contributed by atoms with Crippen molar-refractivity contribution in [3.05, 3.63) is 40.8 Å². The first-order valence-electron chi connectivity index (χ1n) is 4.33. The summed E-state index contributed by atoms with van der Waals surface area (Å²) in [4.78, 5) is 10.9. The van der Waals surface area contributed by atoms with Gasteiger partial charge in [-0.15, -0.1) is 0 Å². The lowest BCUT2D eigenvalue weighted by molar-refractivity contribution is 0.0698. The second kappa shape index (κ2) is 3.94. The maximum Gasteiger partial charge on any atom is 0.341 e. The highest BCUT2D eigenvalue weighted by molar-refractivity contribution is 6.33. The van der Waals surface area contributed by atoms with Crippen LogP contribution in [0, 0.1) is 5.82 Å². The number of hydrogen-bond donors (Lipinski definition) is 2. The molecule has 0 radical (unpaired) electrons. The van der Waals surface area contributed by atoms with Crippen LogP contribution in [0.1, 0.15) is 10.4 Å². The summed E-state index contributed by atoms with van der Waals surface area (Å²) in [5, 5.41) is 14.8. The number of aromatic nitrogens is 2. The van der Waals surface area contributed by atoms with Crippen LogP contribution in [0.2, 0.25) is 5.15 Å². The molecule has 0 bridgehead atoms. The van der Waals surface area contributed by atoms with E-state index in [9.17, 15) is 9.18 Å². The quantitative estimate of drug-likeness (QED) is 0.848. The number of nitrogens with one attached hydrogen (secondary N) is 1. The van der Waals surface area contributed by atoms with Gasteiger partial charge in [0.25, 0.3) is 0 Å². The fraction of sp³-hybridized carbons (Fsp3) is 0. The third-order valence-electron chi connectivity index (χ3n) is 2.07. The molecule has 0 saturated heterocycles. The van der Waals surface area contributed by atoms with E-state index < -0.39 is 11.8 Å². The molecule has 0 unspecified atom stereocenters. The number of carboxylic acid groups (broad SMARTS) is 1. The molecule has 0 saturated carbocycles. The molecule has 0 amide bonds. The van der Waals surface area contributed by atoms with Gasteiger partial charge in [-0.1, -0.05) is 23.7 Å². The summed E-state index contributed by atoms with van der Waals surface area (Å²) in [5.74, 6) is -1.80. The van der Waals surface area contributed by atoms with Gasteiger partial charge in [-0.2, -0.15) is 5.10 Å². The van der Waals surface area contributed by atoms with Gasteiger partial charge in [0.2, 0.25) is 0 Å². The first-order chi connectivity index (χ1) is 7.61. The van der Waals surface area contributed by atoms with Gasteiger partial charge in [0, 0.05) is 5.56 Å². The van der Waals surface area contributed by atoms with Crippen molar-refractivity contribution in [2.24, 2.45) is 0 Å². The molecule has 0 atom stereocenters. The van der Waals surface area contributed by atoms with Crippen LogP contribution in [-0.4, -0.2) is 21.3 Å². The van der Waals surface area contributed by atoms with Crippen molar-refractivity contribution < 1.29 is 14.3 Å². The third-order valence-corrected chi connectivity index (χ3v) is 2.34. The molecule has 0 aliphatic heterocycles. The van der Waals surface area contributed by atoms with Crippen molar-refractivity contribution >= 4 is 17.6 Å². The predicted octanol–water partition coefficient (Wildman–Crippen LogP) is 2.57. The molecule has 0 spiro atoms. The van der Waals surface area contributed by atoms with Crippen LogP contribution in [0.25, 0.3) is 11.3 Å². The van der Waals surface area contributed by atoms with Gasteiger partial charge >= 0.3 is 5.97 Å². The van der Waals surface area contributed by atoms with E-state index in [4.69, 9.17) is 16.7 Å². The zero-order valence-corrected chi connectivity index (χ0v) is 8.62. The molecule has 0 fully saturated rings. The van der Waals surface area contributed by atoms with Crippen molar-refractivity contribution in [3.63, 3.8) is 0 Å². The lowest BCUT2D eigenvalue weighted by Crippen LogP contribution is -1.98. The van der Waals surface area contributed by atoms with Crippen molar-refractivity contribution in [3.8, 4) is 11.3 Å². The summed E-state index contributed by atoms with van der Waals surface area (Å²) in [5.41, 5.74) is -0.134. The van der Waals surface area contributed by atoms with E-state index in [1.807, 2.05) is 0 Å². The molecule has 1 aromatic carbocycles. The minimum Gasteiger partial charge on any atom is -0.478 e. The molecule has 16 heavy (non-hydrogen) atoms. The van der Waals surface area contributed by atoms with Crippen molar-refractivity contribution in [2.75, 3.05) is 0 Å². The molecule has 6 heteroatoms. The zero-order valence-electron chi connectivity index (χ0n) is 7.87. The summed E-state index contributed by atoms with van der Waals surface area (Å²) >= 11 is 5.62. The Hall–Kier alpha value is -1.88. The second-order valence-corrected chi connectivity index (χ2v) is 3.42. The number of aromatic amines is 1.